The number of rotatable bonds is 14. The summed E-state index contributed by atoms with van der Waals surface area (Å²) in [7, 11) is 1.55. The van der Waals surface area contributed by atoms with Gasteiger partial charge in [0.05, 0.1) is 36.6 Å². The summed E-state index contributed by atoms with van der Waals surface area (Å²) in [5.74, 6) is 2.04. The molecule has 2 amide bonds. The zero-order chi connectivity index (χ0) is 26.8. The number of pyridine rings is 1. The van der Waals surface area contributed by atoms with Crippen molar-refractivity contribution in [3.8, 4) is 23.0 Å². The predicted molar refractivity (Wildman–Crippen MR) is 143 cm³/mol. The lowest BCUT2D eigenvalue weighted by Crippen LogP contribution is -2.36. The number of primary amides is 1. The van der Waals surface area contributed by atoms with Crippen LogP contribution in [0.1, 0.15) is 13.3 Å². The molecule has 37 heavy (non-hydrogen) atoms. The third-order valence-electron chi connectivity index (χ3n) is 5.64. The largest absolute Gasteiger partial charge is 0.493 e. The fourth-order valence-electron chi connectivity index (χ4n) is 3.86. The molecule has 0 bridgehead atoms. The van der Waals surface area contributed by atoms with Crippen molar-refractivity contribution < 1.29 is 29.2 Å². The average molecular weight is 533 g/mol. The number of amides is 2. The van der Waals surface area contributed by atoms with Crippen molar-refractivity contribution in [2.24, 2.45) is 5.73 Å². The topological polar surface area (TPSA) is 131 Å². The van der Waals surface area contributed by atoms with Gasteiger partial charge in [-0.25, -0.2) is 4.79 Å². The van der Waals surface area contributed by atoms with Gasteiger partial charge in [-0.15, -0.1) is 0 Å². The van der Waals surface area contributed by atoms with Crippen molar-refractivity contribution in [1.29, 1.82) is 0 Å². The van der Waals surface area contributed by atoms with Gasteiger partial charge in [0, 0.05) is 49.9 Å². The Labute approximate surface area is 221 Å². The van der Waals surface area contributed by atoms with Crippen LogP contribution >= 0.6 is 11.6 Å². The van der Waals surface area contributed by atoms with E-state index in [1.807, 2.05) is 11.8 Å². The van der Waals surface area contributed by atoms with E-state index >= 15 is 0 Å². The first-order valence-electron chi connectivity index (χ1n) is 12.0. The molecule has 3 rings (SSSR count). The van der Waals surface area contributed by atoms with E-state index < -0.39 is 6.03 Å². The smallest absolute Gasteiger partial charge is 0.319 e. The minimum absolute atomic E-state index is 0.00205. The summed E-state index contributed by atoms with van der Waals surface area (Å²) in [5, 5.41) is 19.4. The van der Waals surface area contributed by atoms with Crippen molar-refractivity contribution in [2.75, 3.05) is 58.0 Å². The first-order chi connectivity index (χ1) is 17.9. The summed E-state index contributed by atoms with van der Waals surface area (Å²) >= 11 is 6.46. The molecule has 11 heteroatoms. The van der Waals surface area contributed by atoms with Crippen molar-refractivity contribution >= 4 is 34.2 Å². The SMILES string of the molecule is CCCN(C(N)=O)c1ccc(Oc2ccnc3cc(OCCN(CCO)CCO)c(OC)cc23)cc1Cl. The molecule has 2 aromatic carbocycles. The number of urea groups is 1. The predicted octanol–water partition coefficient (Wildman–Crippen LogP) is 3.65. The highest BCUT2D eigenvalue weighted by molar-refractivity contribution is 6.34. The van der Waals surface area contributed by atoms with Crippen LogP contribution in [0.3, 0.4) is 0 Å². The maximum atomic E-state index is 11.8. The lowest BCUT2D eigenvalue weighted by molar-refractivity contribution is 0.140. The van der Waals surface area contributed by atoms with Crippen LogP contribution in [0.15, 0.2) is 42.6 Å². The Morgan fingerprint density at radius 1 is 1.03 bits per heavy atom. The number of ether oxygens (including phenoxy) is 3. The zero-order valence-electron chi connectivity index (χ0n) is 21.0. The molecular formula is C26H33ClN4O6. The molecular weight excluding hydrogens is 500 g/mol. The van der Waals surface area contributed by atoms with Crippen LogP contribution in [0.4, 0.5) is 10.5 Å². The molecule has 1 heterocycles. The molecule has 0 unspecified atom stereocenters. The van der Waals surface area contributed by atoms with Crippen LogP contribution in [0, 0.1) is 0 Å². The van der Waals surface area contributed by atoms with Crippen molar-refractivity contribution in [1.82, 2.24) is 9.88 Å². The quantitative estimate of drug-likeness (QED) is 0.287. The third kappa shape index (κ3) is 7.36. The van der Waals surface area contributed by atoms with E-state index in [0.29, 0.717) is 77.4 Å². The number of anilines is 1. The van der Waals surface area contributed by atoms with Crippen molar-refractivity contribution in [3.63, 3.8) is 0 Å². The highest BCUT2D eigenvalue weighted by Crippen LogP contribution is 2.38. The van der Waals surface area contributed by atoms with Crippen molar-refractivity contribution in [3.05, 3.63) is 47.6 Å². The molecule has 0 aliphatic rings. The Morgan fingerprint density at radius 3 is 2.41 bits per heavy atom. The van der Waals surface area contributed by atoms with Crippen LogP contribution in [0.5, 0.6) is 23.0 Å². The van der Waals surface area contributed by atoms with Crippen LogP contribution < -0.4 is 24.8 Å². The van der Waals surface area contributed by atoms with Crippen LogP contribution in [-0.4, -0.2) is 79.2 Å². The van der Waals surface area contributed by atoms with Crippen LogP contribution in [0.25, 0.3) is 10.9 Å². The van der Waals surface area contributed by atoms with E-state index in [1.165, 1.54) is 4.90 Å². The first kappa shape index (κ1) is 28.3. The van der Waals surface area contributed by atoms with Crippen LogP contribution in [0.2, 0.25) is 5.02 Å². The van der Waals surface area contributed by atoms with Gasteiger partial charge in [-0.1, -0.05) is 18.5 Å². The minimum atomic E-state index is -0.572. The summed E-state index contributed by atoms with van der Waals surface area (Å²) < 4.78 is 17.6. The molecule has 0 aliphatic carbocycles. The molecule has 1 aromatic heterocycles. The van der Waals surface area contributed by atoms with Crippen molar-refractivity contribution in [2.45, 2.75) is 13.3 Å². The van der Waals surface area contributed by atoms with Gasteiger partial charge in [-0.3, -0.25) is 14.8 Å². The second-order valence-corrected chi connectivity index (χ2v) is 8.58. The van der Waals surface area contributed by atoms with Gasteiger partial charge >= 0.3 is 6.03 Å². The Balaban J connectivity index is 1.82. The Morgan fingerprint density at radius 2 is 1.78 bits per heavy atom. The Bertz CT molecular complexity index is 1190. The number of carbonyl (C=O) groups is 1. The van der Waals surface area contributed by atoms with E-state index in [1.54, 1.807) is 49.7 Å². The van der Waals surface area contributed by atoms with E-state index in [0.717, 1.165) is 6.42 Å². The van der Waals surface area contributed by atoms with Gasteiger partial charge in [-0.2, -0.15) is 0 Å². The maximum Gasteiger partial charge on any atom is 0.319 e. The van der Waals surface area contributed by atoms with Gasteiger partial charge in [0.1, 0.15) is 18.1 Å². The number of carbonyl (C=O) groups excluding carboxylic acids is 1. The fourth-order valence-corrected chi connectivity index (χ4v) is 4.14. The van der Waals surface area contributed by atoms with Gasteiger partial charge < -0.3 is 30.2 Å². The minimum Gasteiger partial charge on any atom is -0.493 e. The number of aliphatic hydroxyl groups is 2. The molecule has 0 radical (unpaired) electrons. The van der Waals surface area contributed by atoms with Gasteiger partial charge in [0.25, 0.3) is 0 Å². The number of halogens is 1. The summed E-state index contributed by atoms with van der Waals surface area (Å²) in [6, 6.07) is 9.78. The lowest BCUT2D eigenvalue weighted by Gasteiger charge is -2.21. The summed E-state index contributed by atoms with van der Waals surface area (Å²) in [4.78, 5) is 19.6. The fraction of sp³-hybridized carbons (Fsp3) is 0.385. The summed E-state index contributed by atoms with van der Waals surface area (Å²) in [5.41, 5.74) is 6.66. The molecule has 0 spiro atoms. The lowest BCUT2D eigenvalue weighted by atomic mass is 10.1. The number of nitrogens with two attached hydrogens (primary N) is 1. The molecule has 0 aliphatic heterocycles. The molecule has 0 fully saturated rings. The van der Waals surface area contributed by atoms with E-state index in [9.17, 15) is 15.0 Å². The number of benzene rings is 2. The van der Waals surface area contributed by atoms with E-state index in [2.05, 4.69) is 4.98 Å². The number of aliphatic hydroxyl groups excluding tert-OH is 2. The Hall–Kier alpha value is -3.31. The van der Waals surface area contributed by atoms with Crippen LogP contribution in [-0.2, 0) is 0 Å². The standard InChI is InChI=1S/C26H33ClN4O6/c1-3-8-31(26(28)34)22-5-4-18(15-20(22)27)37-23-6-7-29-21-17-25(24(35-2)16-19(21)23)36-14-11-30(9-12-32)10-13-33/h4-7,15-17,32-33H,3,8-14H2,1-2H3,(H2,28,34). The highest BCUT2D eigenvalue weighted by Gasteiger charge is 2.17. The number of hydrogen-bond acceptors (Lipinski definition) is 8. The second kappa shape index (κ2) is 13.8. The first-order valence-corrected chi connectivity index (χ1v) is 12.4. The summed E-state index contributed by atoms with van der Waals surface area (Å²) in [6.07, 6.45) is 2.36. The number of fused-ring (bicyclic) bond motifs is 1. The zero-order valence-corrected chi connectivity index (χ0v) is 21.8. The van der Waals surface area contributed by atoms with Gasteiger partial charge in [-0.05, 0) is 30.7 Å². The van der Waals surface area contributed by atoms with E-state index in [4.69, 9.17) is 31.5 Å². The number of methoxy groups -OCH3 is 1. The normalized spacial score (nSPS) is 11.1. The van der Waals surface area contributed by atoms with E-state index in [-0.39, 0.29) is 13.2 Å². The molecule has 0 saturated heterocycles. The average Bonchev–Trinajstić information content (AvgIpc) is 2.87. The third-order valence-corrected chi connectivity index (χ3v) is 5.94. The summed E-state index contributed by atoms with van der Waals surface area (Å²) in [6.45, 7) is 4.17. The number of nitrogens with zero attached hydrogens (tertiary/aromatic N) is 3. The molecule has 200 valence electrons. The Kier molecular flexibility index (Phi) is 10.6. The maximum absolute atomic E-state index is 11.8. The monoisotopic (exact) mass is 532 g/mol. The van der Waals surface area contributed by atoms with Gasteiger partial charge in [0.2, 0.25) is 0 Å². The number of hydrogen-bond donors (Lipinski definition) is 3. The molecule has 0 atom stereocenters. The molecule has 4 N–H and O–H groups in total. The molecule has 0 saturated carbocycles. The highest BCUT2D eigenvalue weighted by atomic mass is 35.5. The number of aromatic nitrogens is 1. The molecule has 10 nitrogen and oxygen atoms in total. The second-order valence-electron chi connectivity index (χ2n) is 8.17. The molecule has 3 aromatic rings. The van der Waals surface area contributed by atoms with Gasteiger partial charge in [0.15, 0.2) is 11.5 Å².